The molecule has 1 aromatic carbocycles. The predicted octanol–water partition coefficient (Wildman–Crippen LogP) is 4.05. The maximum atomic E-state index is 12.0. The van der Waals surface area contributed by atoms with E-state index in [1.165, 1.54) is 0 Å². The summed E-state index contributed by atoms with van der Waals surface area (Å²) in [4.78, 5) is 23.3. The van der Waals surface area contributed by atoms with Crippen LogP contribution in [0, 0.1) is 17.8 Å². The number of carboxylic acids is 1. The molecule has 4 nitrogen and oxygen atoms in total. The molecule has 2 atom stereocenters. The zero-order chi connectivity index (χ0) is 16.0. The van der Waals surface area contributed by atoms with Gasteiger partial charge < -0.3 is 10.4 Å². The van der Waals surface area contributed by atoms with E-state index in [1.54, 1.807) is 31.2 Å². The van der Waals surface area contributed by atoms with E-state index in [1.807, 2.05) is 13.8 Å². The fraction of sp³-hybridized carbons (Fsp3) is 0.500. The van der Waals surface area contributed by atoms with Crippen LogP contribution in [0.2, 0.25) is 5.02 Å². The number of carbonyl (C=O) groups excluding carboxylic acids is 1. The molecule has 2 N–H and O–H groups in total. The predicted molar refractivity (Wildman–Crippen MR) is 84.4 cm³/mol. The van der Waals surface area contributed by atoms with Crippen molar-refractivity contribution in [1.82, 2.24) is 0 Å². The zero-order valence-electron chi connectivity index (χ0n) is 12.6. The second kappa shape index (κ2) is 8.03. The first-order valence-electron chi connectivity index (χ1n) is 7.08. The molecular formula is C16H22ClNO3. The summed E-state index contributed by atoms with van der Waals surface area (Å²) in [5.41, 5.74) is 0.548. The summed E-state index contributed by atoms with van der Waals surface area (Å²) in [6.45, 7) is 5.76. The Morgan fingerprint density at radius 1 is 1.24 bits per heavy atom. The van der Waals surface area contributed by atoms with E-state index in [4.69, 9.17) is 11.6 Å². The number of anilines is 1. The highest BCUT2D eigenvalue weighted by Gasteiger charge is 2.27. The van der Waals surface area contributed by atoms with Gasteiger partial charge in [-0.25, -0.2) is 0 Å². The lowest BCUT2D eigenvalue weighted by molar-refractivity contribution is -0.144. The normalized spacial score (nSPS) is 13.8. The van der Waals surface area contributed by atoms with E-state index >= 15 is 0 Å². The summed E-state index contributed by atoms with van der Waals surface area (Å²) in [7, 11) is 0. The minimum Gasteiger partial charge on any atom is -0.481 e. The molecule has 0 heterocycles. The molecule has 5 heteroatoms. The minimum atomic E-state index is -0.846. The van der Waals surface area contributed by atoms with E-state index in [-0.39, 0.29) is 24.2 Å². The Kier molecular flexibility index (Phi) is 6.69. The Bertz CT molecular complexity index is 502. The summed E-state index contributed by atoms with van der Waals surface area (Å²) in [6, 6.07) is 6.97. The SMILES string of the molecule is CC(C)C[C@@H](C(=O)O)[C@H](C)CC(=O)Nc1ccccc1Cl. The zero-order valence-corrected chi connectivity index (χ0v) is 13.4. The fourth-order valence-electron chi connectivity index (χ4n) is 2.28. The molecule has 0 aliphatic carbocycles. The van der Waals surface area contributed by atoms with Gasteiger partial charge in [0.25, 0.3) is 0 Å². The molecule has 0 bridgehead atoms. The molecule has 0 aliphatic heterocycles. The molecule has 0 saturated heterocycles. The van der Waals surface area contributed by atoms with Crippen LogP contribution in [0.4, 0.5) is 5.69 Å². The van der Waals surface area contributed by atoms with Crippen molar-refractivity contribution in [3.63, 3.8) is 0 Å². The van der Waals surface area contributed by atoms with Crippen molar-refractivity contribution in [2.24, 2.45) is 17.8 Å². The number of rotatable bonds is 7. The number of benzene rings is 1. The van der Waals surface area contributed by atoms with Crippen molar-refractivity contribution in [1.29, 1.82) is 0 Å². The summed E-state index contributed by atoms with van der Waals surface area (Å²) in [5.74, 6) is -1.53. The monoisotopic (exact) mass is 311 g/mol. The van der Waals surface area contributed by atoms with Crippen LogP contribution in [0.1, 0.15) is 33.6 Å². The molecule has 0 fully saturated rings. The number of amides is 1. The van der Waals surface area contributed by atoms with Crippen molar-refractivity contribution in [3.8, 4) is 0 Å². The lowest BCUT2D eigenvalue weighted by Crippen LogP contribution is -2.27. The highest BCUT2D eigenvalue weighted by atomic mass is 35.5. The number of carboxylic acid groups (broad SMARTS) is 1. The van der Waals surface area contributed by atoms with E-state index in [0.717, 1.165) is 0 Å². The molecule has 1 aromatic rings. The highest BCUT2D eigenvalue weighted by Crippen LogP contribution is 2.25. The lowest BCUT2D eigenvalue weighted by Gasteiger charge is -2.21. The number of halogens is 1. The van der Waals surface area contributed by atoms with Crippen molar-refractivity contribution in [2.45, 2.75) is 33.6 Å². The van der Waals surface area contributed by atoms with Gasteiger partial charge in [-0.05, 0) is 30.4 Å². The number of hydrogen-bond acceptors (Lipinski definition) is 2. The summed E-state index contributed by atoms with van der Waals surface area (Å²) in [6.07, 6.45) is 0.727. The van der Waals surface area contributed by atoms with Gasteiger partial charge in [0.15, 0.2) is 0 Å². The van der Waals surface area contributed by atoms with Crippen LogP contribution in [0.15, 0.2) is 24.3 Å². The molecule has 1 rings (SSSR count). The van der Waals surface area contributed by atoms with E-state index in [2.05, 4.69) is 5.32 Å². The van der Waals surface area contributed by atoms with E-state index in [9.17, 15) is 14.7 Å². The molecule has 0 spiro atoms. The van der Waals surface area contributed by atoms with Gasteiger partial charge in [-0.2, -0.15) is 0 Å². The Morgan fingerprint density at radius 2 is 1.86 bits per heavy atom. The molecule has 0 saturated carbocycles. The van der Waals surface area contributed by atoms with Crippen LogP contribution in [-0.2, 0) is 9.59 Å². The van der Waals surface area contributed by atoms with Gasteiger partial charge in [0.2, 0.25) is 5.91 Å². The average molecular weight is 312 g/mol. The number of aliphatic carboxylic acids is 1. The summed E-state index contributed by atoms with van der Waals surface area (Å²) >= 11 is 5.98. The van der Waals surface area contributed by atoms with E-state index in [0.29, 0.717) is 17.1 Å². The van der Waals surface area contributed by atoms with Crippen molar-refractivity contribution in [3.05, 3.63) is 29.3 Å². The van der Waals surface area contributed by atoms with Gasteiger partial charge in [0.05, 0.1) is 16.6 Å². The van der Waals surface area contributed by atoms with Crippen molar-refractivity contribution >= 4 is 29.2 Å². The standard InChI is InChI=1S/C16H22ClNO3/c1-10(2)8-12(16(20)21)11(3)9-15(19)18-14-7-5-4-6-13(14)17/h4-7,10-12H,8-9H2,1-3H3,(H,18,19)(H,20,21)/t11-,12-/m1/s1. The van der Waals surface area contributed by atoms with E-state index < -0.39 is 11.9 Å². The van der Waals surface area contributed by atoms with Crippen molar-refractivity contribution < 1.29 is 14.7 Å². The van der Waals surface area contributed by atoms with Crippen LogP contribution in [0.3, 0.4) is 0 Å². The molecular weight excluding hydrogens is 290 g/mol. The summed E-state index contributed by atoms with van der Waals surface area (Å²) < 4.78 is 0. The van der Waals surface area contributed by atoms with Crippen LogP contribution in [-0.4, -0.2) is 17.0 Å². The van der Waals surface area contributed by atoms with Gasteiger partial charge in [-0.3, -0.25) is 9.59 Å². The Morgan fingerprint density at radius 3 is 2.38 bits per heavy atom. The van der Waals surface area contributed by atoms with Gasteiger partial charge in [0, 0.05) is 6.42 Å². The number of nitrogens with one attached hydrogen (secondary N) is 1. The summed E-state index contributed by atoms with van der Waals surface area (Å²) in [5, 5.41) is 12.5. The lowest BCUT2D eigenvalue weighted by atomic mass is 9.84. The first-order chi connectivity index (χ1) is 9.81. The number of hydrogen-bond donors (Lipinski definition) is 2. The Hall–Kier alpha value is -1.55. The average Bonchev–Trinajstić information content (AvgIpc) is 2.38. The molecule has 0 aliphatic rings. The molecule has 116 valence electrons. The van der Waals surface area contributed by atoms with Crippen LogP contribution in [0.25, 0.3) is 0 Å². The first-order valence-corrected chi connectivity index (χ1v) is 7.46. The molecule has 0 aromatic heterocycles. The third-order valence-electron chi connectivity index (χ3n) is 3.38. The van der Waals surface area contributed by atoms with Gasteiger partial charge in [-0.15, -0.1) is 0 Å². The fourth-order valence-corrected chi connectivity index (χ4v) is 2.47. The number of carbonyl (C=O) groups is 2. The van der Waals surface area contributed by atoms with Gasteiger partial charge in [-0.1, -0.05) is 44.5 Å². The molecule has 0 radical (unpaired) electrons. The Balaban J connectivity index is 2.64. The topological polar surface area (TPSA) is 66.4 Å². The Labute approximate surface area is 130 Å². The third kappa shape index (κ3) is 5.76. The molecule has 21 heavy (non-hydrogen) atoms. The van der Waals surface area contributed by atoms with Crippen LogP contribution >= 0.6 is 11.6 Å². The largest absolute Gasteiger partial charge is 0.481 e. The molecule has 1 amide bonds. The maximum Gasteiger partial charge on any atom is 0.306 e. The molecule has 0 unspecified atom stereocenters. The quantitative estimate of drug-likeness (QED) is 0.798. The first kappa shape index (κ1) is 17.5. The van der Waals surface area contributed by atoms with Gasteiger partial charge in [0.1, 0.15) is 0 Å². The van der Waals surface area contributed by atoms with Crippen molar-refractivity contribution in [2.75, 3.05) is 5.32 Å². The smallest absolute Gasteiger partial charge is 0.306 e. The minimum absolute atomic E-state index is 0.162. The third-order valence-corrected chi connectivity index (χ3v) is 3.71. The second-order valence-corrected chi connectivity index (χ2v) is 6.19. The van der Waals surface area contributed by atoms with Crippen LogP contribution in [0.5, 0.6) is 0 Å². The highest BCUT2D eigenvalue weighted by molar-refractivity contribution is 6.33. The maximum absolute atomic E-state index is 12.0. The second-order valence-electron chi connectivity index (χ2n) is 5.78. The van der Waals surface area contributed by atoms with Crippen LogP contribution < -0.4 is 5.32 Å². The number of para-hydroxylation sites is 1. The van der Waals surface area contributed by atoms with Gasteiger partial charge >= 0.3 is 5.97 Å².